The maximum absolute atomic E-state index is 12.3. The van der Waals surface area contributed by atoms with Crippen LogP contribution in [0.1, 0.15) is 6.92 Å². The van der Waals surface area contributed by atoms with Crippen LogP contribution in [0.5, 0.6) is 0 Å². The van der Waals surface area contributed by atoms with E-state index in [9.17, 15) is 4.79 Å². The van der Waals surface area contributed by atoms with Crippen LogP contribution < -0.4 is 5.56 Å². The molecule has 2 aromatic rings. The van der Waals surface area contributed by atoms with Crippen molar-refractivity contribution in [3.8, 4) is 0 Å². The van der Waals surface area contributed by atoms with E-state index >= 15 is 0 Å². The molecule has 0 aliphatic rings. The number of thioether (sulfide) groups is 1. The van der Waals surface area contributed by atoms with Gasteiger partial charge in [0.15, 0.2) is 5.16 Å². The van der Waals surface area contributed by atoms with E-state index in [4.69, 9.17) is 11.6 Å². The quantitative estimate of drug-likeness (QED) is 0.489. The van der Waals surface area contributed by atoms with Crippen LogP contribution in [-0.2, 0) is 6.54 Å². The zero-order valence-electron chi connectivity index (χ0n) is 10.0. The highest BCUT2D eigenvalue weighted by Crippen LogP contribution is 2.20. The van der Waals surface area contributed by atoms with Gasteiger partial charge in [-0.25, -0.2) is 4.98 Å². The molecule has 0 spiro atoms. The molecule has 1 aromatic heterocycles. The molecule has 5 heteroatoms. The molecule has 0 amide bonds. The van der Waals surface area contributed by atoms with Crippen LogP contribution in [0, 0.1) is 0 Å². The molecule has 0 unspecified atom stereocenters. The number of halogens is 1. The smallest absolute Gasteiger partial charge is 0.262 e. The Kier molecular flexibility index (Phi) is 4.09. The van der Waals surface area contributed by atoms with Gasteiger partial charge < -0.3 is 0 Å². The van der Waals surface area contributed by atoms with Crippen molar-refractivity contribution >= 4 is 34.3 Å². The third-order valence-corrected chi connectivity index (χ3v) is 3.56. The maximum Gasteiger partial charge on any atom is 0.262 e. The number of aromatic nitrogens is 2. The summed E-state index contributed by atoms with van der Waals surface area (Å²) in [5, 5.41) is 1.88. The van der Waals surface area contributed by atoms with E-state index in [-0.39, 0.29) is 5.56 Å². The monoisotopic (exact) mass is 280 g/mol. The van der Waals surface area contributed by atoms with E-state index < -0.39 is 0 Å². The maximum atomic E-state index is 12.3. The third kappa shape index (κ3) is 2.44. The Bertz CT molecular complexity index is 651. The molecule has 1 aromatic carbocycles. The Morgan fingerprint density at radius 1 is 1.56 bits per heavy atom. The van der Waals surface area contributed by atoms with Crippen molar-refractivity contribution in [2.45, 2.75) is 18.6 Å². The molecule has 0 fully saturated rings. The molecule has 0 saturated carbocycles. The van der Waals surface area contributed by atoms with Crippen molar-refractivity contribution < 1.29 is 0 Å². The van der Waals surface area contributed by atoms with Crippen LogP contribution in [0.4, 0.5) is 0 Å². The summed E-state index contributed by atoms with van der Waals surface area (Å²) < 4.78 is 1.64. The van der Waals surface area contributed by atoms with E-state index in [1.165, 1.54) is 11.8 Å². The highest BCUT2D eigenvalue weighted by atomic mass is 35.5. The first kappa shape index (κ1) is 13.2. The van der Waals surface area contributed by atoms with Gasteiger partial charge in [0, 0.05) is 11.6 Å². The summed E-state index contributed by atoms with van der Waals surface area (Å²) in [5.74, 6) is 0.857. The number of rotatable bonds is 4. The standard InChI is InChI=1S/C13H13ClN2OS/c1-3-7-16-12(17)10-6-5-9(14)8-11(10)15-13(16)18-4-2/h3,5-6,8H,1,4,7H2,2H3. The minimum absolute atomic E-state index is 0.0486. The molecule has 0 N–H and O–H groups in total. The molecule has 0 bridgehead atoms. The lowest BCUT2D eigenvalue weighted by atomic mass is 10.2. The van der Waals surface area contributed by atoms with E-state index in [0.29, 0.717) is 27.6 Å². The summed E-state index contributed by atoms with van der Waals surface area (Å²) in [4.78, 5) is 16.8. The van der Waals surface area contributed by atoms with Gasteiger partial charge in [-0.05, 0) is 24.0 Å². The molecular weight excluding hydrogens is 268 g/mol. The second kappa shape index (κ2) is 5.59. The van der Waals surface area contributed by atoms with Gasteiger partial charge >= 0.3 is 0 Å². The molecule has 2 rings (SSSR count). The lowest BCUT2D eigenvalue weighted by molar-refractivity contribution is 0.672. The highest BCUT2D eigenvalue weighted by molar-refractivity contribution is 7.99. The van der Waals surface area contributed by atoms with Crippen molar-refractivity contribution in [3.63, 3.8) is 0 Å². The van der Waals surface area contributed by atoms with Crippen molar-refractivity contribution in [1.29, 1.82) is 0 Å². The molecule has 0 radical (unpaired) electrons. The number of hydrogen-bond donors (Lipinski definition) is 0. The molecule has 0 aliphatic heterocycles. The molecular formula is C13H13ClN2OS. The average molecular weight is 281 g/mol. The van der Waals surface area contributed by atoms with Gasteiger partial charge in [0.1, 0.15) is 0 Å². The van der Waals surface area contributed by atoms with E-state index in [0.717, 1.165) is 5.75 Å². The van der Waals surface area contributed by atoms with Crippen LogP contribution in [0.2, 0.25) is 5.02 Å². The molecule has 94 valence electrons. The largest absolute Gasteiger partial charge is 0.283 e. The summed E-state index contributed by atoms with van der Waals surface area (Å²) >= 11 is 7.47. The minimum atomic E-state index is -0.0486. The van der Waals surface area contributed by atoms with Gasteiger partial charge in [-0.15, -0.1) is 6.58 Å². The van der Waals surface area contributed by atoms with Crippen LogP contribution in [0.3, 0.4) is 0 Å². The first-order chi connectivity index (χ1) is 8.67. The lowest BCUT2D eigenvalue weighted by Crippen LogP contribution is -2.22. The predicted octanol–water partition coefficient (Wildman–Crippen LogP) is 3.35. The second-order valence-corrected chi connectivity index (χ2v) is 5.36. The molecule has 18 heavy (non-hydrogen) atoms. The fraction of sp³-hybridized carbons (Fsp3) is 0.231. The molecule has 3 nitrogen and oxygen atoms in total. The first-order valence-electron chi connectivity index (χ1n) is 5.61. The Labute approximate surface area is 114 Å². The molecule has 0 atom stereocenters. The number of fused-ring (bicyclic) bond motifs is 1. The second-order valence-electron chi connectivity index (χ2n) is 3.69. The Morgan fingerprint density at radius 3 is 3.00 bits per heavy atom. The summed E-state index contributed by atoms with van der Waals surface area (Å²) in [5.41, 5.74) is 0.594. The fourth-order valence-electron chi connectivity index (χ4n) is 1.70. The van der Waals surface area contributed by atoms with Crippen molar-refractivity contribution in [3.05, 3.63) is 46.2 Å². The Hall–Kier alpha value is -1.26. The predicted molar refractivity (Wildman–Crippen MR) is 77.6 cm³/mol. The minimum Gasteiger partial charge on any atom is -0.283 e. The Balaban J connectivity index is 2.76. The molecule has 0 saturated heterocycles. The van der Waals surface area contributed by atoms with Crippen LogP contribution >= 0.6 is 23.4 Å². The van der Waals surface area contributed by atoms with Gasteiger partial charge in [-0.3, -0.25) is 9.36 Å². The van der Waals surface area contributed by atoms with E-state index in [1.807, 2.05) is 6.92 Å². The van der Waals surface area contributed by atoms with Crippen LogP contribution in [0.15, 0.2) is 40.8 Å². The van der Waals surface area contributed by atoms with E-state index in [2.05, 4.69) is 11.6 Å². The Morgan fingerprint density at radius 2 is 2.33 bits per heavy atom. The van der Waals surface area contributed by atoms with Gasteiger partial charge in [0.2, 0.25) is 0 Å². The SMILES string of the molecule is C=CCn1c(SCC)nc2cc(Cl)ccc2c1=O. The zero-order valence-corrected chi connectivity index (χ0v) is 11.6. The summed E-state index contributed by atoms with van der Waals surface area (Å²) in [6.07, 6.45) is 1.70. The zero-order chi connectivity index (χ0) is 13.1. The number of allylic oxidation sites excluding steroid dienone is 1. The summed E-state index contributed by atoms with van der Waals surface area (Å²) in [7, 11) is 0. The number of hydrogen-bond acceptors (Lipinski definition) is 3. The fourth-order valence-corrected chi connectivity index (χ4v) is 2.60. The van der Waals surface area contributed by atoms with Gasteiger partial charge in [-0.1, -0.05) is 36.4 Å². The topological polar surface area (TPSA) is 34.9 Å². The number of benzene rings is 1. The molecule has 0 aliphatic carbocycles. The summed E-state index contributed by atoms with van der Waals surface area (Å²) in [6.45, 7) is 6.16. The van der Waals surface area contributed by atoms with E-state index in [1.54, 1.807) is 28.8 Å². The summed E-state index contributed by atoms with van der Waals surface area (Å²) in [6, 6.07) is 5.14. The van der Waals surface area contributed by atoms with Crippen molar-refractivity contribution in [2.24, 2.45) is 0 Å². The molecule has 1 heterocycles. The van der Waals surface area contributed by atoms with Crippen molar-refractivity contribution in [2.75, 3.05) is 5.75 Å². The van der Waals surface area contributed by atoms with Crippen LogP contribution in [-0.4, -0.2) is 15.3 Å². The first-order valence-corrected chi connectivity index (χ1v) is 6.97. The van der Waals surface area contributed by atoms with Gasteiger partial charge in [-0.2, -0.15) is 0 Å². The van der Waals surface area contributed by atoms with Gasteiger partial charge in [0.05, 0.1) is 10.9 Å². The average Bonchev–Trinajstić information content (AvgIpc) is 2.34. The van der Waals surface area contributed by atoms with Gasteiger partial charge in [0.25, 0.3) is 5.56 Å². The van der Waals surface area contributed by atoms with Crippen LogP contribution in [0.25, 0.3) is 10.9 Å². The lowest BCUT2D eigenvalue weighted by Gasteiger charge is -2.10. The highest BCUT2D eigenvalue weighted by Gasteiger charge is 2.10. The third-order valence-electron chi connectivity index (χ3n) is 2.47. The normalized spacial score (nSPS) is 10.8. The van der Waals surface area contributed by atoms with Crippen molar-refractivity contribution in [1.82, 2.24) is 9.55 Å². The number of nitrogens with zero attached hydrogens (tertiary/aromatic N) is 2.